The monoisotopic (exact) mass is 422 g/mol. The summed E-state index contributed by atoms with van der Waals surface area (Å²) in [5.41, 5.74) is 1.45. The summed E-state index contributed by atoms with van der Waals surface area (Å²) in [6.07, 6.45) is 1.47. The van der Waals surface area contributed by atoms with Crippen LogP contribution in [-0.4, -0.2) is 36.3 Å². The molecule has 0 unspecified atom stereocenters. The molecule has 0 heterocycles. The fourth-order valence-corrected chi connectivity index (χ4v) is 4.41. The van der Waals surface area contributed by atoms with Crippen molar-refractivity contribution in [1.29, 1.82) is 0 Å². The third kappa shape index (κ3) is 5.75. The van der Waals surface area contributed by atoms with E-state index in [0.29, 0.717) is 12.0 Å². The van der Waals surface area contributed by atoms with Gasteiger partial charge in [0.15, 0.2) is 9.84 Å². The van der Waals surface area contributed by atoms with Gasteiger partial charge in [-0.15, -0.1) is 0 Å². The Hall–Kier alpha value is -2.49. The highest BCUT2D eigenvalue weighted by atomic mass is 32.2. The number of carbonyl (C=O) groups excluding carboxylic acids is 1. The van der Waals surface area contributed by atoms with E-state index in [2.05, 4.69) is 10.0 Å². The average Bonchev–Trinajstić information content (AvgIpc) is 2.67. The van der Waals surface area contributed by atoms with Crippen LogP contribution in [0.15, 0.2) is 69.8 Å². The Balaban J connectivity index is 1.91. The number of sulfone groups is 1. The first kappa shape index (κ1) is 21.8. The highest BCUT2D eigenvalue weighted by Gasteiger charge is 2.13. The molecule has 150 valence electrons. The van der Waals surface area contributed by atoms with Crippen molar-refractivity contribution >= 4 is 25.8 Å². The quantitative estimate of drug-likeness (QED) is 0.628. The zero-order chi connectivity index (χ0) is 20.8. The molecule has 0 bridgehead atoms. The summed E-state index contributed by atoms with van der Waals surface area (Å²) in [6.45, 7) is 1.97. The second kappa shape index (κ2) is 9.13. The molecule has 0 saturated heterocycles. The lowest BCUT2D eigenvalue weighted by Gasteiger charge is -2.06. The number of rotatable bonds is 8. The highest BCUT2D eigenvalue weighted by Crippen LogP contribution is 2.16. The molecular weight excluding hydrogens is 400 g/mol. The topological polar surface area (TPSA) is 109 Å². The molecule has 9 heteroatoms. The second-order valence-corrected chi connectivity index (χ2v) is 9.69. The minimum Gasteiger partial charge on any atom is -0.352 e. The summed E-state index contributed by atoms with van der Waals surface area (Å²) in [4.78, 5) is 12.2. The Morgan fingerprint density at radius 2 is 1.64 bits per heavy atom. The van der Waals surface area contributed by atoms with E-state index in [4.69, 9.17) is 0 Å². The molecule has 2 N–H and O–H groups in total. The molecule has 0 spiro atoms. The Bertz CT molecular complexity index is 1070. The smallest absolute Gasteiger partial charge is 0.244 e. The standard InChI is InChI=1S/C19H22N2O5S2/c1-15-5-3-4-6-18(15)27(23,24)14-12-19(22)21-13-11-16-7-9-17(10-8-16)28(25,26)20-2/h3-10,12,14,20H,11,13H2,1-2H3,(H,21,22)/b14-12+. The van der Waals surface area contributed by atoms with Crippen LogP contribution in [0.5, 0.6) is 0 Å². The molecule has 0 aliphatic carbocycles. The molecule has 28 heavy (non-hydrogen) atoms. The van der Waals surface area contributed by atoms with Crippen molar-refractivity contribution in [3.8, 4) is 0 Å². The molecule has 0 atom stereocenters. The maximum atomic E-state index is 12.3. The molecule has 0 fully saturated rings. The number of hydrogen-bond acceptors (Lipinski definition) is 5. The Morgan fingerprint density at radius 1 is 1.00 bits per heavy atom. The fraction of sp³-hybridized carbons (Fsp3) is 0.211. The Labute approximate surface area is 165 Å². The van der Waals surface area contributed by atoms with Gasteiger partial charge in [0.2, 0.25) is 15.9 Å². The normalized spacial score (nSPS) is 12.2. The summed E-state index contributed by atoms with van der Waals surface area (Å²) < 4.78 is 50.1. The van der Waals surface area contributed by atoms with Gasteiger partial charge >= 0.3 is 0 Å². The number of hydrogen-bond donors (Lipinski definition) is 2. The van der Waals surface area contributed by atoms with Crippen LogP contribution < -0.4 is 10.0 Å². The van der Waals surface area contributed by atoms with Crippen LogP contribution in [0.25, 0.3) is 0 Å². The summed E-state index contributed by atoms with van der Waals surface area (Å²) in [7, 11) is -5.83. The molecule has 7 nitrogen and oxygen atoms in total. The van der Waals surface area contributed by atoms with Crippen molar-refractivity contribution in [2.75, 3.05) is 13.6 Å². The predicted octanol–water partition coefficient (Wildman–Crippen LogP) is 1.55. The van der Waals surface area contributed by atoms with Gasteiger partial charge in [-0.05, 0) is 49.7 Å². The lowest BCUT2D eigenvalue weighted by molar-refractivity contribution is -0.116. The maximum Gasteiger partial charge on any atom is 0.244 e. The minimum atomic E-state index is -3.69. The van der Waals surface area contributed by atoms with Crippen LogP contribution in [0.1, 0.15) is 11.1 Å². The zero-order valence-electron chi connectivity index (χ0n) is 15.5. The van der Waals surface area contributed by atoms with Gasteiger partial charge < -0.3 is 5.32 Å². The van der Waals surface area contributed by atoms with E-state index in [1.807, 2.05) is 0 Å². The molecule has 1 amide bonds. The number of amides is 1. The van der Waals surface area contributed by atoms with Gasteiger partial charge in [-0.1, -0.05) is 30.3 Å². The molecule has 2 rings (SSSR count). The van der Waals surface area contributed by atoms with Gasteiger partial charge in [0.05, 0.1) is 9.79 Å². The first-order chi connectivity index (χ1) is 13.2. The molecule has 2 aromatic rings. The predicted molar refractivity (Wildman–Crippen MR) is 107 cm³/mol. The van der Waals surface area contributed by atoms with E-state index < -0.39 is 25.8 Å². The van der Waals surface area contributed by atoms with Crippen LogP contribution >= 0.6 is 0 Å². The molecule has 0 aliphatic rings. The van der Waals surface area contributed by atoms with Crippen molar-refractivity contribution in [1.82, 2.24) is 10.0 Å². The lowest BCUT2D eigenvalue weighted by atomic mass is 10.1. The van der Waals surface area contributed by atoms with Gasteiger partial charge in [-0.3, -0.25) is 4.79 Å². The van der Waals surface area contributed by atoms with E-state index in [1.54, 1.807) is 37.3 Å². The van der Waals surface area contributed by atoms with Gasteiger partial charge in [0.25, 0.3) is 0 Å². The zero-order valence-corrected chi connectivity index (χ0v) is 17.2. The largest absolute Gasteiger partial charge is 0.352 e. The van der Waals surface area contributed by atoms with Crippen LogP contribution in [0.3, 0.4) is 0 Å². The average molecular weight is 423 g/mol. The van der Waals surface area contributed by atoms with Crippen molar-refractivity contribution in [3.63, 3.8) is 0 Å². The fourth-order valence-electron chi connectivity index (χ4n) is 2.44. The summed E-state index contributed by atoms with van der Waals surface area (Å²) in [5.74, 6) is -0.522. The van der Waals surface area contributed by atoms with E-state index in [-0.39, 0.29) is 16.3 Å². The van der Waals surface area contributed by atoms with E-state index in [9.17, 15) is 21.6 Å². The third-order valence-corrected chi connectivity index (χ3v) is 7.01. The number of aryl methyl sites for hydroxylation is 1. The number of sulfonamides is 1. The van der Waals surface area contributed by atoms with Gasteiger partial charge in [-0.25, -0.2) is 21.6 Å². The molecule has 0 saturated carbocycles. The molecule has 0 aromatic heterocycles. The van der Waals surface area contributed by atoms with Crippen molar-refractivity contribution in [2.24, 2.45) is 0 Å². The summed E-state index contributed by atoms with van der Waals surface area (Å²) in [5, 5.41) is 3.50. The first-order valence-electron chi connectivity index (χ1n) is 8.45. The van der Waals surface area contributed by atoms with Gasteiger partial charge in [-0.2, -0.15) is 0 Å². The molecule has 2 aromatic carbocycles. The summed E-state index contributed by atoms with van der Waals surface area (Å²) in [6, 6.07) is 12.8. The molecule has 0 radical (unpaired) electrons. The van der Waals surface area contributed by atoms with Crippen LogP contribution in [-0.2, 0) is 31.1 Å². The maximum absolute atomic E-state index is 12.3. The molecular formula is C19H22N2O5S2. The second-order valence-electron chi connectivity index (χ2n) is 6.01. The van der Waals surface area contributed by atoms with Crippen molar-refractivity contribution in [2.45, 2.75) is 23.1 Å². The number of carbonyl (C=O) groups is 1. The summed E-state index contributed by atoms with van der Waals surface area (Å²) >= 11 is 0. The van der Waals surface area contributed by atoms with Crippen molar-refractivity contribution in [3.05, 3.63) is 71.1 Å². The highest BCUT2D eigenvalue weighted by molar-refractivity contribution is 7.94. The van der Waals surface area contributed by atoms with Gasteiger partial charge in [0.1, 0.15) is 0 Å². The van der Waals surface area contributed by atoms with Gasteiger partial charge in [0, 0.05) is 18.0 Å². The Kier molecular flexibility index (Phi) is 7.11. The minimum absolute atomic E-state index is 0.159. The van der Waals surface area contributed by atoms with Crippen molar-refractivity contribution < 1.29 is 21.6 Å². The van der Waals surface area contributed by atoms with Crippen LogP contribution in [0, 0.1) is 6.92 Å². The number of nitrogens with one attached hydrogen (secondary N) is 2. The van der Waals surface area contributed by atoms with Crippen LogP contribution in [0.4, 0.5) is 0 Å². The SMILES string of the molecule is CNS(=O)(=O)c1ccc(CCNC(=O)/C=C/S(=O)(=O)c2ccccc2C)cc1. The first-order valence-corrected chi connectivity index (χ1v) is 11.5. The van der Waals surface area contributed by atoms with E-state index in [1.165, 1.54) is 25.2 Å². The Morgan fingerprint density at radius 3 is 2.25 bits per heavy atom. The molecule has 0 aliphatic heterocycles. The third-order valence-electron chi connectivity index (χ3n) is 4.01. The van der Waals surface area contributed by atoms with E-state index in [0.717, 1.165) is 17.0 Å². The van der Waals surface area contributed by atoms with E-state index >= 15 is 0 Å². The lowest BCUT2D eigenvalue weighted by Crippen LogP contribution is -2.24. The van der Waals surface area contributed by atoms with Crippen LogP contribution in [0.2, 0.25) is 0 Å². The number of benzene rings is 2.